The van der Waals surface area contributed by atoms with E-state index >= 15 is 0 Å². The lowest BCUT2D eigenvalue weighted by atomic mass is 10.0. The van der Waals surface area contributed by atoms with Gasteiger partial charge < -0.3 is 9.47 Å². The number of hydrogen-bond acceptors (Lipinski definition) is 6. The van der Waals surface area contributed by atoms with Gasteiger partial charge in [-0.2, -0.15) is 9.98 Å². The largest absolute Gasteiger partial charge is 0.489 e. The zero-order valence-corrected chi connectivity index (χ0v) is 25.3. The Kier molecular flexibility index (Phi) is 10.3. The van der Waals surface area contributed by atoms with Gasteiger partial charge in [-0.15, -0.1) is 0 Å². The summed E-state index contributed by atoms with van der Waals surface area (Å²) in [5.74, 6) is 1.04. The Labute approximate surface area is 246 Å². The molecule has 0 radical (unpaired) electrons. The van der Waals surface area contributed by atoms with E-state index in [1.54, 1.807) is 6.92 Å². The zero-order valence-electron chi connectivity index (χ0n) is 25.3. The van der Waals surface area contributed by atoms with Crippen LogP contribution in [0.15, 0.2) is 46.4 Å². The van der Waals surface area contributed by atoms with E-state index in [4.69, 9.17) is 9.47 Å². The molecule has 2 aromatic rings. The van der Waals surface area contributed by atoms with Crippen molar-refractivity contribution in [1.82, 2.24) is 9.80 Å². The standard InChI is InChI=1S/2C11H12O.2C5H6N2O2/c1-8-5-6-10-4-3-7-12-11(10)9(8)2;1-8-6-9(2)11-10(7-8)4-3-5-12-11;1-3-6-4(8)5(9)7(3)2;1-3-4(8)7(2)5(9)6-3/h3-6H,7H2,1-2H3;3-4,6-7H,5H2,1-2H3;2*1-2H3. The molecule has 10 nitrogen and oxygen atoms in total. The molecule has 0 aliphatic carbocycles. The van der Waals surface area contributed by atoms with E-state index in [-0.39, 0.29) is 11.6 Å². The lowest BCUT2D eigenvalue weighted by molar-refractivity contribution is -0.139. The number of amides is 5. The van der Waals surface area contributed by atoms with E-state index in [1.807, 2.05) is 12.2 Å². The van der Waals surface area contributed by atoms with Crippen LogP contribution in [0.1, 0.15) is 47.2 Å². The van der Waals surface area contributed by atoms with Gasteiger partial charge in [0.15, 0.2) is 0 Å². The van der Waals surface area contributed by atoms with Crippen molar-refractivity contribution < 1.29 is 28.7 Å². The van der Waals surface area contributed by atoms with Crippen molar-refractivity contribution >= 4 is 47.5 Å². The van der Waals surface area contributed by atoms with E-state index < -0.39 is 17.8 Å². The molecule has 0 aromatic heterocycles. The molecule has 0 saturated carbocycles. The second-order valence-corrected chi connectivity index (χ2v) is 10.0. The molecule has 4 aliphatic heterocycles. The molecule has 6 rings (SSSR count). The van der Waals surface area contributed by atoms with Crippen LogP contribution in [0, 0.1) is 27.7 Å². The van der Waals surface area contributed by atoms with Crippen LogP contribution < -0.4 is 9.47 Å². The molecule has 10 heteroatoms. The third kappa shape index (κ3) is 7.45. The average molecular weight is 573 g/mol. The molecule has 4 heterocycles. The van der Waals surface area contributed by atoms with Gasteiger partial charge in [-0.05, 0) is 76.5 Å². The van der Waals surface area contributed by atoms with Gasteiger partial charge in [-0.25, -0.2) is 4.79 Å². The summed E-state index contributed by atoms with van der Waals surface area (Å²) >= 11 is 0. The van der Waals surface area contributed by atoms with Gasteiger partial charge >= 0.3 is 17.8 Å². The Hall–Kier alpha value is -4.86. The van der Waals surface area contributed by atoms with E-state index in [9.17, 15) is 19.2 Å². The monoisotopic (exact) mass is 572 g/mol. The van der Waals surface area contributed by atoms with Crippen molar-refractivity contribution in [3.8, 4) is 11.5 Å². The average Bonchev–Trinajstić information content (AvgIpc) is 3.33. The number of benzene rings is 2. The van der Waals surface area contributed by atoms with Crippen LogP contribution in [0.5, 0.6) is 11.5 Å². The first-order valence-corrected chi connectivity index (χ1v) is 13.4. The SMILES string of the molecule is CC1=NC(=O)C(=O)N1C.CC1=NC(=O)N(C)C1=O.Cc1cc(C)c2c(c1)C=CCO2.Cc1ccc2c(c1C)OCC=C2. The Balaban J connectivity index is 0.000000155. The molecule has 0 fully saturated rings. The van der Waals surface area contributed by atoms with Crippen LogP contribution in [-0.4, -0.2) is 72.4 Å². The van der Waals surface area contributed by atoms with E-state index in [0.717, 1.165) is 16.4 Å². The highest BCUT2D eigenvalue weighted by molar-refractivity contribution is 6.45. The molecule has 0 spiro atoms. The number of aliphatic imine (C=N–C) groups is 2. The van der Waals surface area contributed by atoms with E-state index in [2.05, 4.69) is 74.1 Å². The van der Waals surface area contributed by atoms with Crippen LogP contribution in [0.3, 0.4) is 0 Å². The summed E-state index contributed by atoms with van der Waals surface area (Å²) in [6.07, 6.45) is 8.32. The number of fused-ring (bicyclic) bond motifs is 2. The minimum Gasteiger partial charge on any atom is -0.489 e. The molecular formula is C32H36N4O6. The number of carbonyl (C=O) groups excluding carboxylic acids is 4. The number of urea groups is 1. The molecule has 0 atom stereocenters. The molecule has 2 aromatic carbocycles. The lowest BCUT2D eigenvalue weighted by Gasteiger charge is -2.16. The fraction of sp³-hybridized carbons (Fsp3) is 0.312. The maximum Gasteiger partial charge on any atom is 0.350 e. The highest BCUT2D eigenvalue weighted by Crippen LogP contribution is 2.30. The van der Waals surface area contributed by atoms with Crippen LogP contribution >= 0.6 is 0 Å². The predicted molar refractivity (Wildman–Crippen MR) is 163 cm³/mol. The Bertz CT molecular complexity index is 1550. The second kappa shape index (κ2) is 13.7. The Morgan fingerprint density at radius 1 is 0.690 bits per heavy atom. The van der Waals surface area contributed by atoms with Gasteiger partial charge in [-0.1, -0.05) is 35.9 Å². The Morgan fingerprint density at radius 3 is 1.79 bits per heavy atom. The molecule has 220 valence electrons. The number of rotatable bonds is 0. The Morgan fingerprint density at radius 2 is 1.31 bits per heavy atom. The highest BCUT2D eigenvalue weighted by atomic mass is 16.5. The molecular weight excluding hydrogens is 536 g/mol. The minimum atomic E-state index is -0.671. The molecule has 0 N–H and O–H groups in total. The van der Waals surface area contributed by atoms with Gasteiger partial charge in [-0.3, -0.25) is 24.2 Å². The molecule has 5 amide bonds. The van der Waals surface area contributed by atoms with Crippen molar-refractivity contribution in [3.63, 3.8) is 0 Å². The molecule has 0 bridgehead atoms. The van der Waals surface area contributed by atoms with Gasteiger partial charge in [0.2, 0.25) is 0 Å². The first-order valence-electron chi connectivity index (χ1n) is 13.4. The second-order valence-electron chi connectivity index (χ2n) is 10.0. The van der Waals surface area contributed by atoms with Gasteiger partial charge in [0.25, 0.3) is 5.91 Å². The third-order valence-corrected chi connectivity index (χ3v) is 6.80. The molecule has 42 heavy (non-hydrogen) atoms. The van der Waals surface area contributed by atoms with Crippen molar-refractivity contribution in [2.45, 2.75) is 41.5 Å². The number of amidine groups is 1. The first kappa shape index (κ1) is 31.7. The summed E-state index contributed by atoms with van der Waals surface area (Å²) in [4.78, 5) is 51.2. The maximum absolute atomic E-state index is 10.7. The normalized spacial score (nSPS) is 16.0. The number of aryl methyl sites for hydroxylation is 3. The smallest absolute Gasteiger partial charge is 0.350 e. The van der Waals surface area contributed by atoms with Crippen molar-refractivity contribution in [3.05, 3.63) is 69.8 Å². The summed E-state index contributed by atoms with van der Waals surface area (Å²) in [5.41, 5.74) is 7.75. The van der Waals surface area contributed by atoms with Gasteiger partial charge in [0.1, 0.15) is 36.3 Å². The van der Waals surface area contributed by atoms with Crippen molar-refractivity contribution in [2.24, 2.45) is 9.98 Å². The maximum atomic E-state index is 10.7. The summed E-state index contributed by atoms with van der Waals surface area (Å²) in [5, 5.41) is 0. The molecule has 4 aliphatic rings. The van der Waals surface area contributed by atoms with Crippen molar-refractivity contribution in [2.75, 3.05) is 27.3 Å². The number of nitrogens with zero attached hydrogens (tertiary/aromatic N) is 4. The van der Waals surface area contributed by atoms with Crippen LogP contribution in [0.4, 0.5) is 4.79 Å². The fourth-order valence-electron chi connectivity index (χ4n) is 4.21. The number of ether oxygens (including phenoxy) is 2. The van der Waals surface area contributed by atoms with Crippen LogP contribution in [0.2, 0.25) is 0 Å². The topological polar surface area (TPSA) is 118 Å². The zero-order chi connectivity index (χ0) is 31.1. The van der Waals surface area contributed by atoms with Crippen LogP contribution in [0.25, 0.3) is 12.2 Å². The molecule has 0 unspecified atom stereocenters. The molecule has 0 saturated heterocycles. The number of likely N-dealkylation sites (N-methyl/N-ethyl adjacent to an activating group) is 1. The minimum absolute atomic E-state index is 0.266. The highest BCUT2D eigenvalue weighted by Gasteiger charge is 2.27. The summed E-state index contributed by atoms with van der Waals surface area (Å²) in [7, 11) is 2.93. The van der Waals surface area contributed by atoms with Gasteiger partial charge in [0, 0.05) is 25.2 Å². The summed E-state index contributed by atoms with van der Waals surface area (Å²) in [6.45, 7) is 13.0. The number of imide groups is 1. The third-order valence-electron chi connectivity index (χ3n) is 6.80. The summed E-state index contributed by atoms with van der Waals surface area (Å²) in [6, 6.07) is 8.06. The van der Waals surface area contributed by atoms with Crippen molar-refractivity contribution in [1.29, 1.82) is 0 Å². The quantitative estimate of drug-likeness (QED) is 0.416. The summed E-state index contributed by atoms with van der Waals surface area (Å²) < 4.78 is 11.1. The van der Waals surface area contributed by atoms with Gasteiger partial charge in [0.05, 0.1) is 0 Å². The lowest BCUT2D eigenvalue weighted by Crippen LogP contribution is -2.27. The first-order chi connectivity index (χ1) is 19.8. The van der Waals surface area contributed by atoms with E-state index in [0.29, 0.717) is 19.0 Å². The number of hydrogen-bond donors (Lipinski definition) is 0. The predicted octanol–water partition coefficient (Wildman–Crippen LogP) is 4.86. The van der Waals surface area contributed by atoms with Crippen LogP contribution in [-0.2, 0) is 14.4 Å². The van der Waals surface area contributed by atoms with E-state index in [1.165, 1.54) is 59.3 Å². The fourth-order valence-corrected chi connectivity index (χ4v) is 4.21. The number of carbonyl (C=O) groups is 4.